The van der Waals surface area contributed by atoms with E-state index in [1.165, 1.54) is 5.01 Å². The topological polar surface area (TPSA) is 134 Å². The Labute approximate surface area is 211 Å². The predicted octanol–water partition coefficient (Wildman–Crippen LogP) is 0.705. The van der Waals surface area contributed by atoms with Crippen molar-refractivity contribution < 1.29 is 19.6 Å². The first kappa shape index (κ1) is 26.2. The van der Waals surface area contributed by atoms with Crippen LogP contribution in [0.15, 0.2) is 12.3 Å². The van der Waals surface area contributed by atoms with Crippen molar-refractivity contribution in [2.45, 2.75) is 57.5 Å². The van der Waals surface area contributed by atoms with E-state index >= 15 is 0 Å². The van der Waals surface area contributed by atoms with Gasteiger partial charge >= 0.3 is 0 Å². The number of carbonyl (C=O) groups is 3. The molecular weight excluding hydrogens is 464 g/mol. The molecule has 1 aliphatic carbocycles. The van der Waals surface area contributed by atoms with Gasteiger partial charge in [0, 0.05) is 38.4 Å². The SMILES string of the molecule is C[C@@H]1CN(C)CCN1c1nccc(NC(=O)[C@@H]2CCNN2C(=O)C(CC2CCCC2)CN(O)C=O)n1. The van der Waals surface area contributed by atoms with Gasteiger partial charge in [-0.3, -0.25) is 24.6 Å². The number of hydrogen-bond donors (Lipinski definition) is 3. The highest BCUT2D eigenvalue weighted by atomic mass is 16.5. The fraction of sp³-hybridized carbons (Fsp3) is 0.708. The molecule has 2 saturated heterocycles. The van der Waals surface area contributed by atoms with Crippen LogP contribution in [0.1, 0.15) is 45.4 Å². The lowest BCUT2D eigenvalue weighted by molar-refractivity contribution is -0.159. The van der Waals surface area contributed by atoms with Gasteiger partial charge < -0.3 is 15.1 Å². The van der Waals surface area contributed by atoms with Crippen LogP contribution < -0.4 is 15.6 Å². The fourth-order valence-corrected chi connectivity index (χ4v) is 5.61. The normalized spacial score (nSPS) is 24.1. The molecule has 3 fully saturated rings. The van der Waals surface area contributed by atoms with Crippen molar-refractivity contribution in [3.8, 4) is 0 Å². The molecule has 0 bridgehead atoms. The molecule has 12 nitrogen and oxygen atoms in total. The van der Waals surface area contributed by atoms with Crippen molar-refractivity contribution in [1.82, 2.24) is 30.4 Å². The summed E-state index contributed by atoms with van der Waals surface area (Å²) in [6.07, 6.45) is 7.31. The van der Waals surface area contributed by atoms with Gasteiger partial charge in [-0.15, -0.1) is 0 Å². The van der Waals surface area contributed by atoms with Gasteiger partial charge in [0.2, 0.25) is 24.2 Å². The van der Waals surface area contributed by atoms with Crippen LogP contribution in [0.2, 0.25) is 0 Å². The molecule has 1 saturated carbocycles. The number of anilines is 2. The number of carbonyl (C=O) groups excluding carboxylic acids is 3. The van der Waals surface area contributed by atoms with Crippen LogP contribution in [0, 0.1) is 11.8 Å². The first-order valence-corrected chi connectivity index (χ1v) is 12.9. The second-order valence-electron chi connectivity index (χ2n) is 10.3. The lowest BCUT2D eigenvalue weighted by Gasteiger charge is -2.38. The summed E-state index contributed by atoms with van der Waals surface area (Å²) in [5.74, 6) is 0.133. The Kier molecular flexibility index (Phi) is 8.70. The number of likely N-dealkylation sites (N-methyl/N-ethyl adjacent to an activating group) is 1. The molecule has 1 aromatic rings. The van der Waals surface area contributed by atoms with Crippen LogP contribution in [0.25, 0.3) is 0 Å². The Morgan fingerprint density at radius 3 is 2.81 bits per heavy atom. The average Bonchev–Trinajstić information content (AvgIpc) is 3.55. The van der Waals surface area contributed by atoms with Crippen LogP contribution in [-0.2, 0) is 14.4 Å². The number of hydrogen-bond acceptors (Lipinski definition) is 9. The van der Waals surface area contributed by atoms with Crippen LogP contribution in [0.3, 0.4) is 0 Å². The summed E-state index contributed by atoms with van der Waals surface area (Å²) in [6, 6.07) is 1.18. The minimum absolute atomic E-state index is 0.0934. The standard InChI is InChI=1S/C24H38N8O4/c1-17-14-29(2)11-12-31(17)24-25-9-8-21(28-24)27-22(34)20-7-10-26-32(20)23(35)19(15-30(36)16-33)13-18-5-3-4-6-18/h8-9,16-20,26,36H,3-7,10-15H2,1-2H3,(H,25,27,28,34)/t17-,19?,20+/m1/s1. The number of aromatic nitrogens is 2. The van der Waals surface area contributed by atoms with Gasteiger partial charge in [0.1, 0.15) is 11.9 Å². The second-order valence-corrected chi connectivity index (χ2v) is 10.3. The average molecular weight is 503 g/mol. The van der Waals surface area contributed by atoms with Crippen molar-refractivity contribution in [1.29, 1.82) is 0 Å². The van der Waals surface area contributed by atoms with E-state index in [2.05, 4.69) is 44.5 Å². The number of nitrogens with zero attached hydrogens (tertiary/aromatic N) is 6. The number of hydrazine groups is 1. The smallest absolute Gasteiger partial charge is 0.250 e. The van der Waals surface area contributed by atoms with Crippen molar-refractivity contribution in [3.63, 3.8) is 0 Å². The second kappa shape index (κ2) is 11.9. The molecule has 0 aromatic carbocycles. The molecule has 3 atom stereocenters. The molecule has 1 unspecified atom stereocenters. The summed E-state index contributed by atoms with van der Waals surface area (Å²) in [4.78, 5) is 51.1. The zero-order chi connectivity index (χ0) is 25.7. The summed E-state index contributed by atoms with van der Waals surface area (Å²) >= 11 is 0. The molecule has 3 amide bonds. The lowest BCUT2D eigenvalue weighted by Crippen LogP contribution is -2.52. The molecule has 3 aliphatic rings. The highest BCUT2D eigenvalue weighted by molar-refractivity contribution is 5.97. The van der Waals surface area contributed by atoms with E-state index in [0.717, 1.165) is 45.3 Å². The van der Waals surface area contributed by atoms with Gasteiger partial charge in [-0.05, 0) is 38.8 Å². The third-order valence-corrected chi connectivity index (χ3v) is 7.50. The third kappa shape index (κ3) is 6.29. The van der Waals surface area contributed by atoms with E-state index in [4.69, 9.17) is 0 Å². The van der Waals surface area contributed by atoms with E-state index in [1.54, 1.807) is 12.3 Å². The van der Waals surface area contributed by atoms with Gasteiger partial charge in [-0.1, -0.05) is 25.7 Å². The molecule has 3 N–H and O–H groups in total. The summed E-state index contributed by atoms with van der Waals surface area (Å²) in [7, 11) is 2.09. The van der Waals surface area contributed by atoms with Crippen molar-refractivity contribution in [3.05, 3.63) is 12.3 Å². The summed E-state index contributed by atoms with van der Waals surface area (Å²) < 4.78 is 0. The number of rotatable bonds is 9. The molecule has 12 heteroatoms. The molecule has 36 heavy (non-hydrogen) atoms. The monoisotopic (exact) mass is 502 g/mol. The van der Waals surface area contributed by atoms with E-state index in [1.807, 2.05) is 0 Å². The summed E-state index contributed by atoms with van der Waals surface area (Å²) in [5, 5.41) is 14.6. The van der Waals surface area contributed by atoms with E-state index in [-0.39, 0.29) is 24.4 Å². The molecular formula is C24H38N8O4. The number of hydroxylamine groups is 2. The van der Waals surface area contributed by atoms with Gasteiger partial charge in [0.15, 0.2) is 0 Å². The maximum Gasteiger partial charge on any atom is 0.250 e. The Bertz CT molecular complexity index is 927. The van der Waals surface area contributed by atoms with Crippen LogP contribution in [0.5, 0.6) is 0 Å². The number of amides is 3. The number of piperazine rings is 1. The van der Waals surface area contributed by atoms with Gasteiger partial charge in [0.25, 0.3) is 0 Å². The largest absolute Gasteiger partial charge is 0.335 e. The fourth-order valence-electron chi connectivity index (χ4n) is 5.61. The Balaban J connectivity index is 1.42. The first-order chi connectivity index (χ1) is 17.4. The van der Waals surface area contributed by atoms with E-state index in [9.17, 15) is 19.6 Å². The maximum absolute atomic E-state index is 13.5. The zero-order valence-corrected chi connectivity index (χ0v) is 21.2. The maximum atomic E-state index is 13.5. The predicted molar refractivity (Wildman–Crippen MR) is 133 cm³/mol. The Morgan fingerprint density at radius 1 is 1.31 bits per heavy atom. The molecule has 198 valence electrons. The molecule has 1 aromatic heterocycles. The Hall–Kier alpha value is -2.83. The third-order valence-electron chi connectivity index (χ3n) is 7.50. The van der Waals surface area contributed by atoms with Gasteiger partial charge in [-0.2, -0.15) is 4.98 Å². The van der Waals surface area contributed by atoms with Crippen LogP contribution in [0.4, 0.5) is 11.8 Å². The van der Waals surface area contributed by atoms with Gasteiger partial charge in [-0.25, -0.2) is 15.5 Å². The van der Waals surface area contributed by atoms with Crippen molar-refractivity contribution in [2.75, 3.05) is 50.0 Å². The highest BCUT2D eigenvalue weighted by Gasteiger charge is 2.39. The summed E-state index contributed by atoms with van der Waals surface area (Å²) in [5.41, 5.74) is 3.03. The zero-order valence-electron chi connectivity index (χ0n) is 21.2. The first-order valence-electron chi connectivity index (χ1n) is 12.9. The molecule has 0 radical (unpaired) electrons. The quantitative estimate of drug-likeness (QED) is 0.253. The molecule has 2 aliphatic heterocycles. The van der Waals surface area contributed by atoms with Crippen LogP contribution in [-0.4, -0.2) is 100 Å². The van der Waals surface area contributed by atoms with Crippen LogP contribution >= 0.6 is 0 Å². The van der Waals surface area contributed by atoms with Crippen molar-refractivity contribution in [2.24, 2.45) is 11.8 Å². The minimum Gasteiger partial charge on any atom is -0.335 e. The number of nitrogens with one attached hydrogen (secondary N) is 2. The highest BCUT2D eigenvalue weighted by Crippen LogP contribution is 2.32. The molecule has 0 spiro atoms. The summed E-state index contributed by atoms with van der Waals surface area (Å²) in [6.45, 7) is 5.12. The lowest BCUT2D eigenvalue weighted by atomic mass is 9.92. The minimum atomic E-state index is -0.715. The van der Waals surface area contributed by atoms with E-state index < -0.39 is 12.0 Å². The molecule has 4 rings (SSSR count). The van der Waals surface area contributed by atoms with Gasteiger partial charge in [0.05, 0.1) is 12.5 Å². The molecule has 3 heterocycles. The Morgan fingerprint density at radius 2 is 2.08 bits per heavy atom. The van der Waals surface area contributed by atoms with E-state index in [0.29, 0.717) is 48.5 Å². The van der Waals surface area contributed by atoms with Crippen molar-refractivity contribution >= 4 is 30.0 Å².